The van der Waals surface area contributed by atoms with E-state index in [0.717, 1.165) is 32.0 Å². The summed E-state index contributed by atoms with van der Waals surface area (Å²) in [5.74, 6) is 1.47. The lowest BCUT2D eigenvalue weighted by Crippen LogP contribution is -2.49. The summed E-state index contributed by atoms with van der Waals surface area (Å²) >= 11 is 1.67. The minimum atomic E-state index is -1.33. The second-order valence-electron chi connectivity index (χ2n) is 11.4. The zero-order valence-corrected chi connectivity index (χ0v) is 27.6. The van der Waals surface area contributed by atoms with Gasteiger partial charge < -0.3 is 24.6 Å². The molecule has 2 N–H and O–H groups in total. The van der Waals surface area contributed by atoms with E-state index in [9.17, 15) is 4.79 Å². The quantitative estimate of drug-likeness (QED) is 0.121. The van der Waals surface area contributed by atoms with Gasteiger partial charge in [0, 0.05) is 41.3 Å². The molecule has 1 heterocycles. The first-order valence-electron chi connectivity index (χ1n) is 16.0. The standard InChI is InChI=1S/C40H38N2O5S/c1-45-34-16-10-15-31(26-34)37-40(27-29-12-4-2-5-13-29,42-38(47-37)30-20-22-33(23-21-30)46-25-11-24-43)39(44)41-28-32-14-8-9-19-36(32)48-35-17-6-3-7-18-35/h2-10,12-23,26,37,43H,11,24-25,27-28H2,1H3,(H,41,44)/t37-,40-/m1/s1. The highest BCUT2D eigenvalue weighted by atomic mass is 32.2. The van der Waals surface area contributed by atoms with E-state index in [1.807, 2.05) is 115 Å². The third kappa shape index (κ3) is 7.73. The molecule has 0 aliphatic carbocycles. The fourth-order valence-corrected chi connectivity index (χ4v) is 6.65. The Hall–Kier alpha value is -5.05. The van der Waals surface area contributed by atoms with E-state index in [0.29, 0.717) is 43.4 Å². The number of aliphatic hydroxyl groups is 1. The molecular weight excluding hydrogens is 621 g/mol. The summed E-state index contributed by atoms with van der Waals surface area (Å²) in [5.41, 5.74) is 2.14. The predicted octanol–water partition coefficient (Wildman–Crippen LogP) is 7.42. The number of nitrogens with zero attached hydrogens (tertiary/aromatic N) is 1. The Balaban J connectivity index is 1.37. The molecule has 0 bridgehead atoms. The molecule has 1 aliphatic heterocycles. The molecule has 1 aliphatic rings. The van der Waals surface area contributed by atoms with Crippen LogP contribution in [0, 0.1) is 0 Å². The maximum Gasteiger partial charge on any atom is 0.252 e. The molecule has 48 heavy (non-hydrogen) atoms. The Morgan fingerprint density at radius 2 is 1.60 bits per heavy atom. The van der Waals surface area contributed by atoms with Gasteiger partial charge in [-0.3, -0.25) is 4.79 Å². The van der Waals surface area contributed by atoms with Crippen LogP contribution >= 0.6 is 11.8 Å². The van der Waals surface area contributed by atoms with E-state index in [1.165, 1.54) is 0 Å². The van der Waals surface area contributed by atoms with Gasteiger partial charge >= 0.3 is 0 Å². The number of rotatable bonds is 14. The summed E-state index contributed by atoms with van der Waals surface area (Å²) in [6.45, 7) is 0.802. The van der Waals surface area contributed by atoms with Crippen LogP contribution in [0.5, 0.6) is 11.5 Å². The van der Waals surface area contributed by atoms with Gasteiger partial charge in [0.25, 0.3) is 5.91 Å². The van der Waals surface area contributed by atoms with Crippen LogP contribution in [0.4, 0.5) is 0 Å². The molecule has 0 unspecified atom stereocenters. The second kappa shape index (κ2) is 15.7. The topological polar surface area (TPSA) is 89.4 Å². The van der Waals surface area contributed by atoms with Gasteiger partial charge in [0.2, 0.25) is 5.90 Å². The van der Waals surface area contributed by atoms with Gasteiger partial charge in [-0.15, -0.1) is 0 Å². The summed E-state index contributed by atoms with van der Waals surface area (Å²) in [4.78, 5) is 22.1. The average Bonchev–Trinajstić information content (AvgIpc) is 3.52. The molecule has 2 atom stereocenters. The van der Waals surface area contributed by atoms with E-state index in [-0.39, 0.29) is 12.5 Å². The van der Waals surface area contributed by atoms with Crippen LogP contribution in [0.1, 0.15) is 34.8 Å². The third-order valence-corrected chi connectivity index (χ3v) is 9.25. The van der Waals surface area contributed by atoms with Crippen LogP contribution in [-0.2, 0) is 22.5 Å². The van der Waals surface area contributed by atoms with Gasteiger partial charge in [-0.05, 0) is 71.3 Å². The lowest BCUT2D eigenvalue weighted by atomic mass is 9.82. The molecule has 0 radical (unpaired) electrons. The van der Waals surface area contributed by atoms with E-state index in [4.69, 9.17) is 24.3 Å². The van der Waals surface area contributed by atoms with Crippen molar-refractivity contribution in [2.24, 2.45) is 4.99 Å². The Bertz CT molecular complexity index is 1830. The number of amides is 1. The van der Waals surface area contributed by atoms with Crippen molar-refractivity contribution in [3.8, 4) is 11.5 Å². The van der Waals surface area contributed by atoms with Crippen molar-refractivity contribution >= 4 is 23.6 Å². The Morgan fingerprint density at radius 3 is 2.35 bits per heavy atom. The summed E-state index contributed by atoms with van der Waals surface area (Å²) in [6, 6.07) is 43.3. The van der Waals surface area contributed by atoms with Crippen molar-refractivity contribution in [2.75, 3.05) is 20.3 Å². The molecule has 0 fully saturated rings. The van der Waals surface area contributed by atoms with Crippen LogP contribution in [-0.4, -0.2) is 42.8 Å². The van der Waals surface area contributed by atoms with Gasteiger partial charge in [-0.1, -0.05) is 90.6 Å². The van der Waals surface area contributed by atoms with Crippen molar-refractivity contribution in [2.45, 2.75) is 40.8 Å². The lowest BCUT2D eigenvalue weighted by Gasteiger charge is -2.31. The van der Waals surface area contributed by atoms with E-state index in [2.05, 4.69) is 23.5 Å². The van der Waals surface area contributed by atoms with Crippen LogP contribution in [0.15, 0.2) is 148 Å². The fourth-order valence-electron chi connectivity index (χ4n) is 5.69. The van der Waals surface area contributed by atoms with Crippen molar-refractivity contribution in [1.82, 2.24) is 5.32 Å². The molecule has 8 heteroatoms. The SMILES string of the molecule is COc1cccc([C@H]2OC(c3ccc(OCCCO)cc3)=N[C@@]2(Cc2ccccc2)C(=O)NCc2ccccc2Sc2ccccc2)c1. The van der Waals surface area contributed by atoms with E-state index in [1.54, 1.807) is 18.9 Å². The molecule has 0 aromatic heterocycles. The van der Waals surface area contributed by atoms with Crippen molar-refractivity contribution in [3.63, 3.8) is 0 Å². The molecule has 244 valence electrons. The maximum absolute atomic E-state index is 14.8. The zero-order chi connectivity index (χ0) is 33.2. The molecule has 7 nitrogen and oxygen atoms in total. The summed E-state index contributed by atoms with van der Waals surface area (Å²) in [6.07, 6.45) is 0.123. The normalized spacial score (nSPS) is 16.9. The second-order valence-corrected chi connectivity index (χ2v) is 12.5. The van der Waals surface area contributed by atoms with Crippen molar-refractivity contribution in [1.29, 1.82) is 0 Å². The van der Waals surface area contributed by atoms with Crippen LogP contribution in [0.2, 0.25) is 0 Å². The number of hydrogen-bond acceptors (Lipinski definition) is 7. The minimum Gasteiger partial charge on any atom is -0.497 e. The van der Waals surface area contributed by atoms with Gasteiger partial charge in [0.05, 0.1) is 13.7 Å². The van der Waals surface area contributed by atoms with Crippen LogP contribution < -0.4 is 14.8 Å². The Morgan fingerprint density at radius 1 is 0.875 bits per heavy atom. The van der Waals surface area contributed by atoms with Gasteiger partial charge in [-0.2, -0.15) is 0 Å². The molecule has 0 saturated heterocycles. The molecule has 0 spiro atoms. The first kappa shape index (κ1) is 32.9. The number of benzene rings is 5. The molecular formula is C40H38N2O5S. The van der Waals surface area contributed by atoms with Crippen molar-refractivity contribution < 1.29 is 24.1 Å². The largest absolute Gasteiger partial charge is 0.497 e. The minimum absolute atomic E-state index is 0.0669. The molecule has 1 amide bonds. The van der Waals surface area contributed by atoms with E-state index < -0.39 is 11.6 Å². The Kier molecular flexibility index (Phi) is 10.7. The smallest absolute Gasteiger partial charge is 0.252 e. The lowest BCUT2D eigenvalue weighted by molar-refractivity contribution is -0.129. The van der Waals surface area contributed by atoms with Gasteiger partial charge in [-0.25, -0.2) is 4.99 Å². The highest BCUT2D eigenvalue weighted by molar-refractivity contribution is 7.99. The highest BCUT2D eigenvalue weighted by Crippen LogP contribution is 2.43. The summed E-state index contributed by atoms with van der Waals surface area (Å²) in [5, 5.41) is 12.4. The molecule has 5 aromatic carbocycles. The number of methoxy groups -OCH3 is 1. The number of ether oxygens (including phenoxy) is 3. The first-order valence-corrected chi connectivity index (χ1v) is 16.8. The number of nitrogens with one attached hydrogen (secondary N) is 1. The number of carbonyl (C=O) groups is 1. The number of hydrogen-bond donors (Lipinski definition) is 2. The molecule has 5 aromatic rings. The molecule has 6 rings (SSSR count). The number of carbonyl (C=O) groups excluding carboxylic acids is 1. The van der Waals surface area contributed by atoms with Gasteiger partial charge in [0.15, 0.2) is 11.6 Å². The number of aliphatic hydroxyl groups excluding tert-OH is 1. The summed E-state index contributed by atoms with van der Waals surface area (Å²) < 4.78 is 18.0. The fraction of sp³-hybridized carbons (Fsp3) is 0.200. The highest BCUT2D eigenvalue weighted by Gasteiger charge is 2.53. The first-order chi connectivity index (χ1) is 23.6. The van der Waals surface area contributed by atoms with Crippen LogP contribution in [0.25, 0.3) is 0 Å². The maximum atomic E-state index is 14.8. The number of aliphatic imine (C=N–C) groups is 1. The monoisotopic (exact) mass is 658 g/mol. The van der Waals surface area contributed by atoms with E-state index >= 15 is 0 Å². The Labute approximate surface area is 285 Å². The molecule has 0 saturated carbocycles. The van der Waals surface area contributed by atoms with Gasteiger partial charge in [0.1, 0.15) is 11.5 Å². The average molecular weight is 659 g/mol. The third-order valence-electron chi connectivity index (χ3n) is 8.13. The summed E-state index contributed by atoms with van der Waals surface area (Å²) in [7, 11) is 1.62. The zero-order valence-electron chi connectivity index (χ0n) is 26.8. The van der Waals surface area contributed by atoms with Crippen molar-refractivity contribution in [3.05, 3.63) is 156 Å². The van der Waals surface area contributed by atoms with Crippen LogP contribution in [0.3, 0.4) is 0 Å². The predicted molar refractivity (Wildman–Crippen MR) is 189 cm³/mol.